The summed E-state index contributed by atoms with van der Waals surface area (Å²) in [5.41, 5.74) is 32.0. The van der Waals surface area contributed by atoms with Crippen LogP contribution in [0.15, 0.2) is 9.98 Å². The van der Waals surface area contributed by atoms with Crippen LogP contribution in [0.4, 0.5) is 0 Å². The molecule has 216 valence electrons. The van der Waals surface area contributed by atoms with E-state index in [0.717, 1.165) is 0 Å². The maximum absolute atomic E-state index is 13.2. The van der Waals surface area contributed by atoms with Crippen LogP contribution in [-0.4, -0.2) is 83.9 Å². The Balaban J connectivity index is 5.75. The molecule has 0 rings (SSSR count). The van der Waals surface area contributed by atoms with E-state index in [1.165, 1.54) is 0 Å². The molecule has 4 unspecified atom stereocenters. The Bertz CT molecular complexity index is 885. The lowest BCUT2D eigenvalue weighted by Gasteiger charge is -2.26. The Morgan fingerprint density at radius 3 is 1.53 bits per heavy atom. The summed E-state index contributed by atoms with van der Waals surface area (Å²) in [6, 6.07) is -4.89. The number of primary amides is 1. The van der Waals surface area contributed by atoms with Gasteiger partial charge in [-0.1, -0.05) is 13.8 Å². The predicted octanol–water partition coefficient (Wildman–Crippen LogP) is -4.51. The number of hydrogen-bond donors (Lipinski definition) is 10. The van der Waals surface area contributed by atoms with Crippen molar-refractivity contribution in [3.05, 3.63) is 0 Å². The summed E-state index contributed by atoms with van der Waals surface area (Å²) in [6.45, 7) is 3.52. The lowest BCUT2D eigenvalue weighted by Crippen LogP contribution is -2.57. The van der Waals surface area contributed by atoms with E-state index in [1.807, 2.05) is 0 Å². The number of hydrogen-bond acceptors (Lipinski definition) is 8. The number of rotatable bonds is 18. The first-order valence-corrected chi connectivity index (χ1v) is 11.9. The van der Waals surface area contributed by atoms with E-state index in [0.29, 0.717) is 0 Å². The lowest BCUT2D eigenvalue weighted by molar-refractivity contribution is -0.143. The summed E-state index contributed by atoms with van der Waals surface area (Å²) in [4.78, 5) is 68.9. The van der Waals surface area contributed by atoms with Crippen molar-refractivity contribution in [2.45, 2.75) is 70.1 Å². The van der Waals surface area contributed by atoms with E-state index in [9.17, 15) is 29.1 Å². The Morgan fingerprint density at radius 2 is 1.16 bits per heavy atom. The molecule has 0 aromatic heterocycles. The van der Waals surface area contributed by atoms with Crippen molar-refractivity contribution in [2.24, 2.45) is 50.3 Å². The molecule has 0 bridgehead atoms. The molecule has 0 aliphatic heterocycles. The molecule has 0 aromatic carbocycles. The van der Waals surface area contributed by atoms with E-state index in [2.05, 4.69) is 25.9 Å². The molecular formula is C21H41N11O6. The second-order valence-corrected chi connectivity index (χ2v) is 8.87. The van der Waals surface area contributed by atoms with Crippen molar-refractivity contribution >= 4 is 41.5 Å². The number of carbonyl (C=O) groups is 5. The van der Waals surface area contributed by atoms with E-state index >= 15 is 0 Å². The molecule has 0 saturated heterocycles. The van der Waals surface area contributed by atoms with Crippen molar-refractivity contribution in [3.8, 4) is 0 Å². The Labute approximate surface area is 220 Å². The van der Waals surface area contributed by atoms with Crippen LogP contribution in [0.2, 0.25) is 0 Å². The zero-order valence-electron chi connectivity index (χ0n) is 21.7. The maximum Gasteiger partial charge on any atom is 0.326 e. The molecule has 17 nitrogen and oxygen atoms in total. The van der Waals surface area contributed by atoms with Gasteiger partial charge in [-0.05, 0) is 31.6 Å². The molecule has 38 heavy (non-hydrogen) atoms. The zero-order valence-corrected chi connectivity index (χ0v) is 21.7. The van der Waals surface area contributed by atoms with Crippen molar-refractivity contribution in [3.63, 3.8) is 0 Å². The molecule has 0 aliphatic rings. The maximum atomic E-state index is 13.2. The highest BCUT2D eigenvalue weighted by atomic mass is 16.4. The van der Waals surface area contributed by atoms with Crippen molar-refractivity contribution in [1.29, 1.82) is 0 Å². The molecule has 0 aliphatic carbocycles. The molecule has 17 heteroatoms. The van der Waals surface area contributed by atoms with Gasteiger partial charge in [0, 0.05) is 13.1 Å². The summed E-state index contributed by atoms with van der Waals surface area (Å²) < 4.78 is 0. The molecular weight excluding hydrogens is 502 g/mol. The highest BCUT2D eigenvalue weighted by Crippen LogP contribution is 2.07. The summed E-state index contributed by atoms with van der Waals surface area (Å²) in [5.74, 6) is -5.13. The largest absolute Gasteiger partial charge is 0.480 e. The first-order chi connectivity index (χ1) is 17.6. The average molecular weight is 544 g/mol. The summed E-state index contributed by atoms with van der Waals surface area (Å²) in [5, 5.41) is 16.8. The fourth-order valence-corrected chi connectivity index (χ4v) is 3.17. The standard InChI is InChI=1S/C21H41N11O6/c1-10(2)15(19(37)38)32-18(36)13(6-4-8-29-21(26)27)31-17(35)12(5-3-7-28-20(24)25)30-16(34)11(22)9-14(23)33/h10-13,15H,3-9,22H2,1-2H3,(H2,23,33)(H,30,34)(H,31,35)(H,32,36)(H,37,38)(H4,24,25,28)(H4,26,27,29). The number of carboxylic acid groups (broad SMARTS) is 1. The second kappa shape index (κ2) is 17.3. The van der Waals surface area contributed by atoms with Gasteiger partial charge in [0.25, 0.3) is 0 Å². The third-order valence-electron chi connectivity index (χ3n) is 5.14. The summed E-state index contributed by atoms with van der Waals surface area (Å²) >= 11 is 0. The van der Waals surface area contributed by atoms with Crippen LogP contribution in [0.1, 0.15) is 46.0 Å². The van der Waals surface area contributed by atoms with E-state index in [1.54, 1.807) is 13.8 Å². The van der Waals surface area contributed by atoms with Gasteiger partial charge in [-0.15, -0.1) is 0 Å². The van der Waals surface area contributed by atoms with E-state index < -0.39 is 66.1 Å². The molecule has 0 fully saturated rings. The minimum atomic E-state index is -1.30. The molecule has 0 spiro atoms. The summed E-state index contributed by atoms with van der Waals surface area (Å²) in [6.07, 6.45) is 0.173. The third-order valence-corrected chi connectivity index (χ3v) is 5.14. The molecule has 4 amide bonds. The van der Waals surface area contributed by atoms with Crippen molar-refractivity contribution < 1.29 is 29.1 Å². The normalized spacial score (nSPS) is 13.8. The number of nitrogens with two attached hydrogens (primary N) is 6. The summed E-state index contributed by atoms with van der Waals surface area (Å²) in [7, 11) is 0. The Kier molecular flexibility index (Phi) is 15.4. The highest BCUT2D eigenvalue weighted by molar-refractivity contribution is 5.95. The van der Waals surface area contributed by atoms with Gasteiger partial charge in [0.1, 0.15) is 18.1 Å². The van der Waals surface area contributed by atoms with Gasteiger partial charge in [0.05, 0.1) is 12.5 Å². The van der Waals surface area contributed by atoms with Gasteiger partial charge >= 0.3 is 5.97 Å². The Hall–Kier alpha value is -4.15. The minimum Gasteiger partial charge on any atom is -0.480 e. The van der Waals surface area contributed by atoms with Crippen molar-refractivity contribution in [2.75, 3.05) is 13.1 Å². The molecule has 0 radical (unpaired) electrons. The van der Waals surface area contributed by atoms with Crippen molar-refractivity contribution in [1.82, 2.24) is 16.0 Å². The fraction of sp³-hybridized carbons (Fsp3) is 0.667. The number of aliphatic carboxylic acids is 1. The number of nitrogens with one attached hydrogen (secondary N) is 3. The third kappa shape index (κ3) is 14.4. The van der Waals surface area contributed by atoms with Gasteiger partial charge in [-0.3, -0.25) is 29.2 Å². The van der Waals surface area contributed by atoms with E-state index in [-0.39, 0.29) is 50.7 Å². The minimum absolute atomic E-state index is 0.0454. The van der Waals surface area contributed by atoms with Crippen LogP contribution >= 0.6 is 0 Å². The smallest absolute Gasteiger partial charge is 0.326 e. The van der Waals surface area contributed by atoms with Gasteiger partial charge in [-0.2, -0.15) is 0 Å². The number of nitrogens with zero attached hydrogens (tertiary/aromatic N) is 2. The van der Waals surface area contributed by atoms with Gasteiger partial charge in [0.15, 0.2) is 11.9 Å². The highest BCUT2D eigenvalue weighted by Gasteiger charge is 2.31. The molecule has 4 atom stereocenters. The second-order valence-electron chi connectivity index (χ2n) is 8.87. The van der Waals surface area contributed by atoms with Gasteiger partial charge in [-0.25, -0.2) is 4.79 Å². The number of aliphatic imine (C=N–C) groups is 2. The number of carbonyl (C=O) groups excluding carboxylic acids is 4. The topological polar surface area (TPSA) is 323 Å². The monoisotopic (exact) mass is 543 g/mol. The van der Waals surface area contributed by atoms with Gasteiger partial charge < -0.3 is 55.5 Å². The van der Waals surface area contributed by atoms with Crippen LogP contribution in [0, 0.1) is 5.92 Å². The van der Waals surface area contributed by atoms with E-state index in [4.69, 9.17) is 34.4 Å². The average Bonchev–Trinajstić information content (AvgIpc) is 2.79. The van der Waals surface area contributed by atoms with Crippen LogP contribution in [0.25, 0.3) is 0 Å². The molecule has 0 heterocycles. The molecule has 0 aromatic rings. The quantitative estimate of drug-likeness (QED) is 0.0446. The number of guanidine groups is 2. The number of carboxylic acids is 1. The van der Waals surface area contributed by atoms with Crippen LogP contribution in [0.5, 0.6) is 0 Å². The predicted molar refractivity (Wildman–Crippen MR) is 140 cm³/mol. The zero-order chi connectivity index (χ0) is 29.4. The van der Waals surface area contributed by atoms with Gasteiger partial charge in [0.2, 0.25) is 23.6 Å². The molecule has 16 N–H and O–H groups in total. The SMILES string of the molecule is CC(C)C(NC(=O)C(CCCN=C(N)N)NC(=O)C(CCCN=C(N)N)NC(=O)C(N)CC(N)=O)C(=O)O. The Morgan fingerprint density at radius 1 is 0.737 bits per heavy atom. The molecule has 0 saturated carbocycles. The number of amides is 4. The fourth-order valence-electron chi connectivity index (χ4n) is 3.17. The van der Waals surface area contributed by atoms with Crippen LogP contribution in [-0.2, 0) is 24.0 Å². The first kappa shape index (κ1) is 33.8. The first-order valence-electron chi connectivity index (χ1n) is 11.9. The lowest BCUT2D eigenvalue weighted by atomic mass is 10.0. The van der Waals surface area contributed by atoms with Crippen LogP contribution in [0.3, 0.4) is 0 Å². The van der Waals surface area contributed by atoms with Crippen LogP contribution < -0.4 is 50.4 Å².